The van der Waals surface area contributed by atoms with Crippen LogP contribution in [0.5, 0.6) is 0 Å². The molecule has 1 aromatic rings. The monoisotopic (exact) mass is 249 g/mol. The molecule has 0 spiro atoms. The lowest BCUT2D eigenvalue weighted by molar-refractivity contribution is 0.353. The summed E-state index contributed by atoms with van der Waals surface area (Å²) in [5, 5.41) is 0. The molecule has 100 valence electrons. The average molecular weight is 249 g/mol. The number of aromatic nitrogens is 2. The Labute approximate surface area is 109 Å². The van der Waals surface area contributed by atoms with Crippen LogP contribution >= 0.6 is 0 Å². The van der Waals surface area contributed by atoms with Gasteiger partial charge in [-0.2, -0.15) is 4.98 Å². The first-order valence-corrected chi connectivity index (χ1v) is 6.59. The number of nitrogens with zero attached hydrogens (tertiary/aromatic N) is 4. The summed E-state index contributed by atoms with van der Waals surface area (Å²) in [6, 6.07) is 2.29. The van der Waals surface area contributed by atoms with E-state index in [0.29, 0.717) is 12.0 Å². The van der Waals surface area contributed by atoms with Crippen LogP contribution in [0.25, 0.3) is 0 Å². The van der Waals surface area contributed by atoms with E-state index in [4.69, 9.17) is 5.73 Å². The van der Waals surface area contributed by atoms with E-state index in [1.165, 1.54) is 0 Å². The molecular weight excluding hydrogens is 226 g/mol. The Morgan fingerprint density at radius 3 is 2.61 bits per heavy atom. The second kappa shape index (κ2) is 5.52. The second-order valence-electron chi connectivity index (χ2n) is 5.29. The van der Waals surface area contributed by atoms with Crippen LogP contribution in [0.1, 0.15) is 19.8 Å². The third kappa shape index (κ3) is 2.90. The van der Waals surface area contributed by atoms with Gasteiger partial charge in [-0.15, -0.1) is 0 Å². The zero-order valence-corrected chi connectivity index (χ0v) is 11.5. The smallest absolute Gasteiger partial charge is 0.226 e. The van der Waals surface area contributed by atoms with E-state index in [1.54, 1.807) is 0 Å². The molecule has 1 aromatic heterocycles. The summed E-state index contributed by atoms with van der Waals surface area (Å²) in [5.41, 5.74) is 5.96. The summed E-state index contributed by atoms with van der Waals surface area (Å²) >= 11 is 0. The Morgan fingerprint density at radius 1 is 1.39 bits per heavy atom. The highest BCUT2D eigenvalue weighted by Crippen LogP contribution is 2.23. The Hall–Kier alpha value is -1.36. The highest BCUT2D eigenvalue weighted by molar-refractivity contribution is 5.43. The number of rotatable bonds is 3. The first-order chi connectivity index (χ1) is 8.58. The number of hydrogen-bond acceptors (Lipinski definition) is 5. The molecule has 0 radical (unpaired) electrons. The molecule has 0 bridgehead atoms. The van der Waals surface area contributed by atoms with Crippen LogP contribution in [0.2, 0.25) is 0 Å². The molecule has 2 N–H and O–H groups in total. The highest BCUT2D eigenvalue weighted by Gasteiger charge is 2.22. The van der Waals surface area contributed by atoms with Gasteiger partial charge in [-0.1, -0.05) is 0 Å². The largest absolute Gasteiger partial charge is 0.356 e. The minimum Gasteiger partial charge on any atom is -0.356 e. The summed E-state index contributed by atoms with van der Waals surface area (Å²) < 4.78 is 0. The Morgan fingerprint density at radius 2 is 2.06 bits per heavy atom. The van der Waals surface area contributed by atoms with Crippen molar-refractivity contribution in [3.05, 3.63) is 12.3 Å². The van der Waals surface area contributed by atoms with E-state index >= 15 is 0 Å². The zero-order valence-electron chi connectivity index (χ0n) is 11.5. The van der Waals surface area contributed by atoms with Crippen molar-refractivity contribution in [1.29, 1.82) is 0 Å². The SMILES string of the molecule is CC(N)C1CCN(c2ccnc(N(C)C)n2)CC1. The van der Waals surface area contributed by atoms with E-state index in [2.05, 4.69) is 21.8 Å². The normalized spacial score (nSPS) is 18.8. The molecule has 1 fully saturated rings. The Bertz CT molecular complexity index is 383. The fraction of sp³-hybridized carbons (Fsp3) is 0.692. The standard InChI is InChI=1S/C13H23N5/c1-10(14)11-5-8-18(9-6-11)12-4-7-15-13(16-12)17(2)3/h4,7,10-11H,5-6,8-9,14H2,1-3H3. The van der Waals surface area contributed by atoms with Crippen LogP contribution in [-0.4, -0.2) is 43.2 Å². The lowest BCUT2D eigenvalue weighted by Gasteiger charge is -2.34. The lowest BCUT2D eigenvalue weighted by Crippen LogP contribution is -2.40. The maximum atomic E-state index is 5.96. The molecular formula is C13H23N5. The predicted octanol–water partition coefficient (Wildman–Crippen LogP) is 1.11. The van der Waals surface area contributed by atoms with Crippen LogP contribution in [-0.2, 0) is 0 Å². The van der Waals surface area contributed by atoms with Crippen LogP contribution < -0.4 is 15.5 Å². The van der Waals surface area contributed by atoms with Crippen molar-refractivity contribution < 1.29 is 0 Å². The van der Waals surface area contributed by atoms with Crippen molar-refractivity contribution in [2.24, 2.45) is 11.7 Å². The molecule has 5 nitrogen and oxygen atoms in total. The first-order valence-electron chi connectivity index (χ1n) is 6.59. The molecule has 1 saturated heterocycles. The van der Waals surface area contributed by atoms with Gasteiger partial charge in [-0.05, 0) is 31.7 Å². The van der Waals surface area contributed by atoms with Gasteiger partial charge in [0, 0.05) is 39.4 Å². The molecule has 1 aliphatic heterocycles. The third-order valence-electron chi connectivity index (χ3n) is 3.64. The van der Waals surface area contributed by atoms with Crippen molar-refractivity contribution in [3.63, 3.8) is 0 Å². The van der Waals surface area contributed by atoms with Crippen molar-refractivity contribution in [2.45, 2.75) is 25.8 Å². The van der Waals surface area contributed by atoms with Crippen LogP contribution in [0.3, 0.4) is 0 Å². The van der Waals surface area contributed by atoms with Crippen molar-refractivity contribution in [2.75, 3.05) is 37.0 Å². The van der Waals surface area contributed by atoms with Gasteiger partial charge in [0.05, 0.1) is 0 Å². The first kappa shape index (κ1) is 13.1. The quantitative estimate of drug-likeness (QED) is 0.869. The van der Waals surface area contributed by atoms with E-state index in [1.807, 2.05) is 31.3 Å². The number of hydrogen-bond donors (Lipinski definition) is 1. The minimum absolute atomic E-state index is 0.301. The summed E-state index contributed by atoms with van der Waals surface area (Å²) in [7, 11) is 3.92. The number of nitrogens with two attached hydrogens (primary N) is 1. The molecule has 2 rings (SSSR count). The Kier molecular flexibility index (Phi) is 4.01. The molecule has 1 unspecified atom stereocenters. The van der Waals surface area contributed by atoms with Crippen molar-refractivity contribution >= 4 is 11.8 Å². The van der Waals surface area contributed by atoms with Gasteiger partial charge in [0.25, 0.3) is 0 Å². The minimum atomic E-state index is 0.301. The fourth-order valence-corrected chi connectivity index (χ4v) is 2.39. The molecule has 0 aromatic carbocycles. The lowest BCUT2D eigenvalue weighted by atomic mass is 9.91. The molecule has 0 amide bonds. The topological polar surface area (TPSA) is 58.3 Å². The van der Waals surface area contributed by atoms with Crippen molar-refractivity contribution in [1.82, 2.24) is 9.97 Å². The zero-order chi connectivity index (χ0) is 13.1. The van der Waals surface area contributed by atoms with Crippen LogP contribution in [0.15, 0.2) is 12.3 Å². The molecule has 0 saturated carbocycles. The highest BCUT2D eigenvalue weighted by atomic mass is 15.3. The summed E-state index contributed by atoms with van der Waals surface area (Å²) in [4.78, 5) is 13.1. The fourth-order valence-electron chi connectivity index (χ4n) is 2.39. The van der Waals surface area contributed by atoms with Crippen molar-refractivity contribution in [3.8, 4) is 0 Å². The number of piperidine rings is 1. The van der Waals surface area contributed by atoms with Gasteiger partial charge in [0.2, 0.25) is 5.95 Å². The molecule has 2 heterocycles. The predicted molar refractivity (Wildman–Crippen MR) is 74.9 cm³/mol. The maximum absolute atomic E-state index is 5.96. The molecule has 18 heavy (non-hydrogen) atoms. The summed E-state index contributed by atoms with van der Waals surface area (Å²) in [6.45, 7) is 4.18. The third-order valence-corrected chi connectivity index (χ3v) is 3.64. The van der Waals surface area contributed by atoms with E-state index < -0.39 is 0 Å². The van der Waals surface area contributed by atoms with Gasteiger partial charge < -0.3 is 15.5 Å². The van der Waals surface area contributed by atoms with Crippen LogP contribution in [0.4, 0.5) is 11.8 Å². The van der Waals surface area contributed by atoms with E-state index in [9.17, 15) is 0 Å². The molecule has 5 heteroatoms. The van der Waals surface area contributed by atoms with E-state index in [-0.39, 0.29) is 0 Å². The Balaban J connectivity index is 2.03. The van der Waals surface area contributed by atoms with Gasteiger partial charge in [0.15, 0.2) is 0 Å². The van der Waals surface area contributed by atoms with Gasteiger partial charge in [-0.3, -0.25) is 0 Å². The van der Waals surface area contributed by atoms with Gasteiger partial charge in [-0.25, -0.2) is 4.98 Å². The maximum Gasteiger partial charge on any atom is 0.226 e. The summed E-state index contributed by atoms with van der Waals surface area (Å²) in [6.07, 6.45) is 4.13. The molecule has 0 aliphatic carbocycles. The average Bonchev–Trinajstić information content (AvgIpc) is 2.39. The van der Waals surface area contributed by atoms with Gasteiger partial charge in [0.1, 0.15) is 5.82 Å². The van der Waals surface area contributed by atoms with E-state index in [0.717, 1.165) is 37.7 Å². The van der Waals surface area contributed by atoms with Crippen LogP contribution in [0, 0.1) is 5.92 Å². The summed E-state index contributed by atoms with van der Waals surface area (Å²) in [5.74, 6) is 2.44. The number of anilines is 2. The molecule has 1 atom stereocenters. The second-order valence-corrected chi connectivity index (χ2v) is 5.29. The van der Waals surface area contributed by atoms with Gasteiger partial charge >= 0.3 is 0 Å². The molecule has 1 aliphatic rings.